The van der Waals surface area contributed by atoms with E-state index in [0.29, 0.717) is 26.1 Å². The smallest absolute Gasteiger partial charge is 0.224 e. The van der Waals surface area contributed by atoms with E-state index in [-0.39, 0.29) is 12.0 Å². The zero-order valence-electron chi connectivity index (χ0n) is 15.7. The largest absolute Gasteiger partial charge is 0.497 e. The zero-order valence-corrected chi connectivity index (χ0v) is 15.7. The van der Waals surface area contributed by atoms with Crippen LogP contribution < -0.4 is 10.1 Å². The zero-order chi connectivity index (χ0) is 19.3. The Morgan fingerprint density at radius 1 is 1.32 bits per heavy atom. The van der Waals surface area contributed by atoms with Crippen molar-refractivity contribution in [3.05, 3.63) is 66.4 Å². The molecule has 0 bridgehead atoms. The van der Waals surface area contributed by atoms with Gasteiger partial charge in [0.25, 0.3) is 0 Å². The molecule has 0 saturated carbocycles. The van der Waals surface area contributed by atoms with Crippen LogP contribution in [0.3, 0.4) is 0 Å². The Morgan fingerprint density at radius 3 is 2.93 bits per heavy atom. The van der Waals surface area contributed by atoms with E-state index >= 15 is 0 Å². The first-order chi connectivity index (χ1) is 13.7. The number of methoxy groups -OCH3 is 1. The summed E-state index contributed by atoms with van der Waals surface area (Å²) in [5.41, 5.74) is 2.83. The van der Waals surface area contributed by atoms with Gasteiger partial charge in [-0.1, -0.05) is 6.07 Å². The minimum atomic E-state index is -0.0803. The molecule has 3 heterocycles. The Morgan fingerprint density at radius 2 is 2.18 bits per heavy atom. The highest BCUT2D eigenvalue weighted by Gasteiger charge is 2.22. The van der Waals surface area contributed by atoms with Gasteiger partial charge in [0.15, 0.2) is 0 Å². The predicted octanol–water partition coefficient (Wildman–Crippen LogP) is 2.21. The average Bonchev–Trinajstić information content (AvgIpc) is 3.16. The summed E-state index contributed by atoms with van der Waals surface area (Å²) in [5.74, 6) is 1.67. The fourth-order valence-electron chi connectivity index (χ4n) is 3.19. The molecule has 3 aromatic rings. The fourth-order valence-corrected chi connectivity index (χ4v) is 3.19. The number of benzene rings is 1. The van der Waals surface area contributed by atoms with E-state index in [1.807, 2.05) is 42.6 Å². The number of rotatable bonds is 6. The first-order valence-electron chi connectivity index (χ1n) is 9.19. The van der Waals surface area contributed by atoms with Crippen LogP contribution in [-0.2, 0) is 29.1 Å². The highest BCUT2D eigenvalue weighted by molar-refractivity contribution is 5.78. The number of nitrogens with zero attached hydrogens (tertiary/aromatic N) is 3. The Hall–Kier alpha value is -3.19. The lowest BCUT2D eigenvalue weighted by molar-refractivity contribution is -0.121. The van der Waals surface area contributed by atoms with Gasteiger partial charge in [0, 0.05) is 30.7 Å². The third-order valence-corrected chi connectivity index (χ3v) is 4.71. The predicted molar refractivity (Wildman–Crippen MR) is 104 cm³/mol. The molecule has 1 atom stereocenters. The van der Waals surface area contributed by atoms with Gasteiger partial charge < -0.3 is 19.4 Å². The number of amides is 1. The van der Waals surface area contributed by atoms with Crippen LogP contribution in [0, 0.1) is 0 Å². The highest BCUT2D eigenvalue weighted by atomic mass is 16.5. The van der Waals surface area contributed by atoms with E-state index < -0.39 is 0 Å². The second kappa shape index (κ2) is 8.22. The number of ether oxygens (including phenoxy) is 2. The summed E-state index contributed by atoms with van der Waals surface area (Å²) >= 11 is 0. The maximum Gasteiger partial charge on any atom is 0.224 e. The van der Waals surface area contributed by atoms with Crippen LogP contribution in [0.25, 0.3) is 11.3 Å². The van der Waals surface area contributed by atoms with Crippen molar-refractivity contribution in [2.45, 2.75) is 25.7 Å². The molecule has 144 valence electrons. The number of pyridine rings is 1. The van der Waals surface area contributed by atoms with Gasteiger partial charge in [-0.2, -0.15) is 0 Å². The van der Waals surface area contributed by atoms with Crippen molar-refractivity contribution >= 4 is 5.91 Å². The van der Waals surface area contributed by atoms with Crippen LogP contribution in [-0.4, -0.2) is 40.2 Å². The summed E-state index contributed by atoms with van der Waals surface area (Å²) < 4.78 is 13.2. The molecule has 0 unspecified atom stereocenters. The molecule has 1 amide bonds. The third kappa shape index (κ3) is 4.20. The van der Waals surface area contributed by atoms with Crippen molar-refractivity contribution in [3.63, 3.8) is 0 Å². The molecule has 0 saturated heterocycles. The first kappa shape index (κ1) is 18.2. The molecule has 7 nitrogen and oxygen atoms in total. The van der Waals surface area contributed by atoms with Crippen molar-refractivity contribution < 1.29 is 14.3 Å². The Bertz CT molecular complexity index is 938. The summed E-state index contributed by atoms with van der Waals surface area (Å²) in [4.78, 5) is 20.8. The monoisotopic (exact) mass is 378 g/mol. The van der Waals surface area contributed by atoms with Gasteiger partial charge in [-0.3, -0.25) is 9.78 Å². The lowest BCUT2D eigenvalue weighted by Crippen LogP contribution is -2.39. The SMILES string of the molecule is COc1ccc(-c2cn3c(n2)CO[C@@H](CNC(=O)Cc2cccnc2)C3)cc1. The molecular formula is C21H22N4O3. The van der Waals surface area contributed by atoms with E-state index in [2.05, 4.69) is 19.9 Å². The number of aromatic nitrogens is 3. The van der Waals surface area contributed by atoms with Crippen LogP contribution in [0.2, 0.25) is 0 Å². The molecule has 7 heteroatoms. The molecule has 1 aliphatic rings. The van der Waals surface area contributed by atoms with Gasteiger partial charge in [0.1, 0.15) is 18.2 Å². The third-order valence-electron chi connectivity index (χ3n) is 4.71. The molecule has 0 aliphatic carbocycles. The van der Waals surface area contributed by atoms with E-state index in [1.165, 1.54) is 0 Å². The second-order valence-corrected chi connectivity index (χ2v) is 6.70. The fraction of sp³-hybridized carbons (Fsp3) is 0.286. The quantitative estimate of drug-likeness (QED) is 0.712. The molecule has 28 heavy (non-hydrogen) atoms. The molecule has 4 rings (SSSR count). The van der Waals surface area contributed by atoms with Gasteiger partial charge in [0.2, 0.25) is 5.91 Å². The lowest BCUT2D eigenvalue weighted by atomic mass is 10.1. The van der Waals surface area contributed by atoms with Crippen molar-refractivity contribution in [2.24, 2.45) is 0 Å². The van der Waals surface area contributed by atoms with Crippen LogP contribution in [0.5, 0.6) is 5.75 Å². The van der Waals surface area contributed by atoms with Crippen molar-refractivity contribution in [2.75, 3.05) is 13.7 Å². The molecular weight excluding hydrogens is 356 g/mol. The molecule has 0 spiro atoms. The summed E-state index contributed by atoms with van der Waals surface area (Å²) in [7, 11) is 1.65. The van der Waals surface area contributed by atoms with E-state index in [9.17, 15) is 4.79 Å². The first-order valence-corrected chi connectivity index (χ1v) is 9.19. The number of imidazole rings is 1. The minimum absolute atomic E-state index is 0.0352. The van der Waals surface area contributed by atoms with Crippen molar-refractivity contribution in [1.29, 1.82) is 0 Å². The summed E-state index contributed by atoms with van der Waals surface area (Å²) in [6.45, 7) is 1.56. The topological polar surface area (TPSA) is 78.3 Å². The van der Waals surface area contributed by atoms with Gasteiger partial charge in [-0.05, 0) is 35.9 Å². The average molecular weight is 378 g/mol. The molecule has 0 radical (unpaired) electrons. The van der Waals surface area contributed by atoms with Gasteiger partial charge in [0.05, 0.1) is 31.9 Å². The number of nitrogens with one attached hydrogen (secondary N) is 1. The van der Waals surface area contributed by atoms with E-state index in [4.69, 9.17) is 9.47 Å². The van der Waals surface area contributed by atoms with E-state index in [0.717, 1.165) is 28.4 Å². The lowest BCUT2D eigenvalue weighted by Gasteiger charge is -2.24. The van der Waals surface area contributed by atoms with Gasteiger partial charge in [-0.15, -0.1) is 0 Å². The molecule has 1 aromatic carbocycles. The maximum absolute atomic E-state index is 12.1. The maximum atomic E-state index is 12.1. The van der Waals surface area contributed by atoms with Crippen molar-refractivity contribution in [1.82, 2.24) is 19.9 Å². The van der Waals surface area contributed by atoms with Crippen molar-refractivity contribution in [3.8, 4) is 17.0 Å². The Balaban J connectivity index is 1.34. The standard InChI is InChI=1S/C21H22N4O3/c1-27-17-6-4-16(5-7-17)19-13-25-12-18(28-14-20(25)24-19)11-23-21(26)9-15-3-2-8-22-10-15/h2-8,10,13,18H,9,11-12,14H2,1H3,(H,23,26)/t18-/m0/s1. The molecule has 1 N–H and O–H groups in total. The molecule has 2 aromatic heterocycles. The second-order valence-electron chi connectivity index (χ2n) is 6.70. The Labute approximate surface area is 163 Å². The van der Waals surface area contributed by atoms with Crippen LogP contribution in [0.1, 0.15) is 11.4 Å². The van der Waals surface area contributed by atoms with E-state index in [1.54, 1.807) is 19.5 Å². The number of carbonyl (C=O) groups excluding carboxylic acids is 1. The number of fused-ring (bicyclic) bond motifs is 1. The van der Waals surface area contributed by atoms with Crippen LogP contribution in [0.15, 0.2) is 55.0 Å². The normalized spacial score (nSPS) is 15.7. The molecule has 1 aliphatic heterocycles. The number of hydrogen-bond donors (Lipinski definition) is 1. The molecule has 0 fully saturated rings. The summed E-state index contributed by atoms with van der Waals surface area (Å²) in [5, 5.41) is 2.94. The highest BCUT2D eigenvalue weighted by Crippen LogP contribution is 2.24. The summed E-state index contributed by atoms with van der Waals surface area (Å²) in [6.07, 6.45) is 5.67. The summed E-state index contributed by atoms with van der Waals surface area (Å²) in [6, 6.07) is 11.5. The Kier molecular flexibility index (Phi) is 5.34. The number of carbonyl (C=O) groups is 1. The minimum Gasteiger partial charge on any atom is -0.497 e. The van der Waals surface area contributed by atoms with Crippen LogP contribution >= 0.6 is 0 Å². The number of hydrogen-bond acceptors (Lipinski definition) is 5. The van der Waals surface area contributed by atoms with Gasteiger partial charge in [-0.25, -0.2) is 4.98 Å². The van der Waals surface area contributed by atoms with Gasteiger partial charge >= 0.3 is 0 Å². The van der Waals surface area contributed by atoms with Crippen LogP contribution in [0.4, 0.5) is 0 Å².